The van der Waals surface area contributed by atoms with Crippen LogP contribution in [0.15, 0.2) is 35.3 Å². The van der Waals surface area contributed by atoms with Crippen LogP contribution in [0.3, 0.4) is 0 Å². The van der Waals surface area contributed by atoms with Crippen molar-refractivity contribution in [1.82, 2.24) is 20.2 Å². The fourth-order valence-electron chi connectivity index (χ4n) is 2.47. The number of H-pyrrole nitrogens is 1. The smallest absolute Gasteiger partial charge is 0.410 e. The molecule has 1 aliphatic rings. The number of likely N-dealkylation sites (N-methyl/N-ethyl adjacent to an activating group) is 1. The van der Waals surface area contributed by atoms with Crippen LogP contribution in [-0.2, 0) is 4.74 Å². The minimum atomic E-state index is -0.394. The SMILES string of the molecule is CNC1CCN(C(=O)OC(C)(C)C)C1.O=c1cnc2ccccc2[nH]1. The number of likely N-dealkylation sites (tertiary alicyclic amines) is 1. The first-order chi connectivity index (χ1) is 11.8. The molecule has 7 heteroatoms. The predicted octanol–water partition coefficient (Wildman–Crippen LogP) is 2.14. The van der Waals surface area contributed by atoms with E-state index < -0.39 is 5.60 Å². The van der Waals surface area contributed by atoms with Crippen LogP contribution in [0.25, 0.3) is 11.0 Å². The van der Waals surface area contributed by atoms with E-state index >= 15 is 0 Å². The number of aromatic amines is 1. The summed E-state index contributed by atoms with van der Waals surface area (Å²) in [5.74, 6) is 0. The van der Waals surface area contributed by atoms with Crippen LogP contribution in [-0.4, -0.2) is 52.7 Å². The van der Waals surface area contributed by atoms with Gasteiger partial charge < -0.3 is 19.9 Å². The molecule has 1 atom stereocenters. The van der Waals surface area contributed by atoms with Crippen molar-refractivity contribution < 1.29 is 9.53 Å². The summed E-state index contributed by atoms with van der Waals surface area (Å²) in [6.45, 7) is 7.20. The molecule has 1 saturated heterocycles. The molecule has 0 saturated carbocycles. The molecule has 1 unspecified atom stereocenters. The predicted molar refractivity (Wildman–Crippen MR) is 97.6 cm³/mol. The first kappa shape index (κ1) is 18.9. The highest BCUT2D eigenvalue weighted by molar-refractivity contribution is 5.73. The summed E-state index contributed by atoms with van der Waals surface area (Å²) in [5.41, 5.74) is 1.03. The summed E-state index contributed by atoms with van der Waals surface area (Å²) in [6.07, 6.45) is 2.09. The third kappa shape index (κ3) is 5.86. The van der Waals surface area contributed by atoms with Crippen LogP contribution in [0.2, 0.25) is 0 Å². The molecule has 0 bridgehead atoms. The van der Waals surface area contributed by atoms with Gasteiger partial charge >= 0.3 is 6.09 Å². The second-order valence-electron chi connectivity index (χ2n) is 6.97. The molecular formula is C18H26N4O3. The lowest BCUT2D eigenvalue weighted by Crippen LogP contribution is -2.37. The molecule has 136 valence electrons. The number of aromatic nitrogens is 2. The zero-order valence-electron chi connectivity index (χ0n) is 15.2. The van der Waals surface area contributed by atoms with Crippen molar-refractivity contribution in [3.8, 4) is 0 Å². The van der Waals surface area contributed by atoms with Gasteiger partial charge in [-0.1, -0.05) is 12.1 Å². The number of nitrogens with zero attached hydrogens (tertiary/aromatic N) is 2. The fraction of sp³-hybridized carbons (Fsp3) is 0.500. The van der Waals surface area contributed by atoms with Crippen LogP contribution in [0, 0.1) is 0 Å². The largest absolute Gasteiger partial charge is 0.444 e. The Labute approximate surface area is 147 Å². The second-order valence-corrected chi connectivity index (χ2v) is 6.97. The summed E-state index contributed by atoms with van der Waals surface area (Å²) >= 11 is 0. The third-order valence-corrected chi connectivity index (χ3v) is 3.73. The van der Waals surface area contributed by atoms with Gasteiger partial charge in [-0.15, -0.1) is 0 Å². The Morgan fingerprint density at radius 1 is 1.36 bits per heavy atom. The van der Waals surface area contributed by atoms with Crippen LogP contribution >= 0.6 is 0 Å². The molecule has 7 nitrogen and oxygen atoms in total. The Morgan fingerprint density at radius 3 is 2.72 bits per heavy atom. The zero-order chi connectivity index (χ0) is 18.4. The Bertz CT molecular complexity index is 766. The van der Waals surface area contributed by atoms with Crippen LogP contribution in [0.4, 0.5) is 4.79 Å². The average molecular weight is 346 g/mol. The maximum absolute atomic E-state index is 11.6. The first-order valence-corrected chi connectivity index (χ1v) is 8.38. The highest BCUT2D eigenvalue weighted by Crippen LogP contribution is 2.14. The minimum absolute atomic E-state index is 0.163. The molecule has 1 aromatic heterocycles. The van der Waals surface area contributed by atoms with E-state index in [0.29, 0.717) is 6.04 Å². The number of para-hydroxylation sites is 2. The molecule has 1 amide bonds. The summed E-state index contributed by atoms with van der Waals surface area (Å²) in [7, 11) is 1.92. The molecule has 2 aromatic rings. The second kappa shape index (κ2) is 8.11. The Kier molecular flexibility index (Phi) is 6.14. The normalized spacial score (nSPS) is 17.1. The van der Waals surface area contributed by atoms with E-state index in [2.05, 4.69) is 15.3 Å². The molecule has 25 heavy (non-hydrogen) atoms. The molecule has 3 rings (SSSR count). The number of rotatable bonds is 1. The molecule has 2 N–H and O–H groups in total. The summed E-state index contributed by atoms with van der Waals surface area (Å²) < 4.78 is 5.27. The van der Waals surface area contributed by atoms with Crippen molar-refractivity contribution >= 4 is 17.1 Å². The van der Waals surface area contributed by atoms with Gasteiger partial charge in [-0.05, 0) is 46.4 Å². The first-order valence-electron chi connectivity index (χ1n) is 8.38. The number of benzene rings is 1. The Morgan fingerprint density at radius 2 is 2.08 bits per heavy atom. The molecule has 1 aromatic carbocycles. The van der Waals surface area contributed by atoms with Gasteiger partial charge in [0, 0.05) is 19.1 Å². The van der Waals surface area contributed by atoms with E-state index in [1.807, 2.05) is 52.1 Å². The lowest BCUT2D eigenvalue weighted by Gasteiger charge is -2.24. The van der Waals surface area contributed by atoms with Gasteiger partial charge in [-0.3, -0.25) is 4.79 Å². The number of carbonyl (C=O) groups excluding carboxylic acids is 1. The fourth-order valence-corrected chi connectivity index (χ4v) is 2.47. The van der Waals surface area contributed by atoms with Gasteiger partial charge in [-0.2, -0.15) is 0 Å². The zero-order valence-corrected chi connectivity index (χ0v) is 15.2. The maximum Gasteiger partial charge on any atom is 0.410 e. The Balaban J connectivity index is 0.000000185. The number of nitrogens with one attached hydrogen (secondary N) is 2. The number of fused-ring (bicyclic) bond motifs is 1. The molecule has 1 fully saturated rings. The molecule has 0 spiro atoms. The molecule has 0 radical (unpaired) electrons. The van der Waals surface area contributed by atoms with Crippen molar-refractivity contribution in [2.45, 2.75) is 38.8 Å². The van der Waals surface area contributed by atoms with Gasteiger partial charge in [0.15, 0.2) is 0 Å². The highest BCUT2D eigenvalue weighted by atomic mass is 16.6. The van der Waals surface area contributed by atoms with Crippen LogP contribution in [0.5, 0.6) is 0 Å². The summed E-state index contributed by atoms with van der Waals surface area (Å²) in [5, 5.41) is 3.16. The Hall–Kier alpha value is -2.41. The van der Waals surface area contributed by atoms with Gasteiger partial charge in [-0.25, -0.2) is 9.78 Å². The number of hydrogen-bond acceptors (Lipinski definition) is 5. The highest BCUT2D eigenvalue weighted by Gasteiger charge is 2.28. The lowest BCUT2D eigenvalue weighted by molar-refractivity contribution is 0.0291. The molecule has 1 aliphatic heterocycles. The van der Waals surface area contributed by atoms with Gasteiger partial charge in [0.25, 0.3) is 5.56 Å². The van der Waals surface area contributed by atoms with Crippen LogP contribution < -0.4 is 10.9 Å². The monoisotopic (exact) mass is 346 g/mol. The average Bonchev–Trinajstić information content (AvgIpc) is 3.03. The number of hydrogen-bond donors (Lipinski definition) is 2. The van der Waals surface area contributed by atoms with Crippen molar-refractivity contribution in [3.63, 3.8) is 0 Å². The van der Waals surface area contributed by atoms with E-state index in [1.54, 1.807) is 4.90 Å². The molecule has 0 aliphatic carbocycles. The molecule has 2 heterocycles. The van der Waals surface area contributed by atoms with Gasteiger partial charge in [0.1, 0.15) is 5.60 Å². The number of amides is 1. The van der Waals surface area contributed by atoms with Crippen molar-refractivity contribution in [1.29, 1.82) is 0 Å². The topological polar surface area (TPSA) is 87.3 Å². The van der Waals surface area contributed by atoms with E-state index in [9.17, 15) is 9.59 Å². The van der Waals surface area contributed by atoms with Crippen molar-refractivity contribution in [2.75, 3.05) is 20.1 Å². The van der Waals surface area contributed by atoms with Gasteiger partial charge in [0.2, 0.25) is 0 Å². The standard InChI is InChI=1S/C10H20N2O2.C8H6N2O/c1-10(2,3)14-9(13)12-6-5-8(7-12)11-4;11-8-5-9-6-3-1-2-4-7(6)10-8/h8,11H,5-7H2,1-4H3;1-5H,(H,10,11). The summed E-state index contributed by atoms with van der Waals surface area (Å²) in [4.78, 5) is 30.7. The number of carbonyl (C=O) groups is 1. The van der Waals surface area contributed by atoms with E-state index in [-0.39, 0.29) is 11.7 Å². The lowest BCUT2D eigenvalue weighted by atomic mass is 10.2. The van der Waals surface area contributed by atoms with Crippen molar-refractivity contribution in [2.24, 2.45) is 0 Å². The maximum atomic E-state index is 11.6. The number of ether oxygens (including phenoxy) is 1. The third-order valence-electron chi connectivity index (χ3n) is 3.73. The van der Waals surface area contributed by atoms with E-state index in [0.717, 1.165) is 30.5 Å². The quantitative estimate of drug-likeness (QED) is 0.826. The van der Waals surface area contributed by atoms with Crippen molar-refractivity contribution in [3.05, 3.63) is 40.8 Å². The van der Waals surface area contributed by atoms with E-state index in [4.69, 9.17) is 4.74 Å². The minimum Gasteiger partial charge on any atom is -0.444 e. The summed E-state index contributed by atoms with van der Waals surface area (Å²) in [6, 6.07) is 7.84. The van der Waals surface area contributed by atoms with Crippen LogP contribution in [0.1, 0.15) is 27.2 Å². The molecular weight excluding hydrogens is 320 g/mol. The van der Waals surface area contributed by atoms with E-state index in [1.165, 1.54) is 6.20 Å². The van der Waals surface area contributed by atoms with Gasteiger partial charge in [0.05, 0.1) is 17.2 Å².